The van der Waals surface area contributed by atoms with Crippen LogP contribution in [-0.4, -0.2) is 73.7 Å². The molecule has 5 rings (SSSR count). The number of rotatable bonds is 8. The molecule has 214 valence electrons. The van der Waals surface area contributed by atoms with Gasteiger partial charge in [0.1, 0.15) is 5.82 Å². The van der Waals surface area contributed by atoms with E-state index in [-0.39, 0.29) is 18.4 Å². The number of hydrogen-bond acceptors (Lipinski definition) is 8. The van der Waals surface area contributed by atoms with E-state index in [9.17, 15) is 9.59 Å². The Morgan fingerprint density at radius 1 is 1.12 bits per heavy atom. The van der Waals surface area contributed by atoms with E-state index in [1.54, 1.807) is 22.1 Å². The third kappa shape index (κ3) is 5.88. The van der Waals surface area contributed by atoms with Crippen LogP contribution in [0.2, 0.25) is 0 Å². The van der Waals surface area contributed by atoms with Gasteiger partial charge in [0, 0.05) is 55.9 Å². The highest BCUT2D eigenvalue weighted by atomic mass is 16.5. The molecule has 1 saturated heterocycles. The van der Waals surface area contributed by atoms with E-state index >= 15 is 0 Å². The summed E-state index contributed by atoms with van der Waals surface area (Å²) in [5, 5.41) is 3.28. The number of piperazine rings is 1. The number of amides is 2. The van der Waals surface area contributed by atoms with Gasteiger partial charge in [0.2, 0.25) is 5.95 Å². The molecule has 2 amide bonds. The van der Waals surface area contributed by atoms with Crippen molar-refractivity contribution in [2.45, 2.75) is 26.8 Å². The molecule has 0 saturated carbocycles. The van der Waals surface area contributed by atoms with Gasteiger partial charge in [-0.05, 0) is 55.8 Å². The molecule has 2 aliphatic rings. The van der Waals surface area contributed by atoms with Crippen molar-refractivity contribution in [3.8, 4) is 0 Å². The fourth-order valence-corrected chi connectivity index (χ4v) is 5.49. The molecule has 1 aromatic heterocycles. The van der Waals surface area contributed by atoms with Crippen LogP contribution in [-0.2, 0) is 22.5 Å². The Balaban J connectivity index is 1.44. The molecule has 2 aliphatic heterocycles. The number of urea groups is 1. The third-order valence-electron chi connectivity index (χ3n) is 7.65. The number of carbonyl (C=O) groups excluding carboxylic acids is 2. The van der Waals surface area contributed by atoms with E-state index in [1.165, 1.54) is 7.11 Å². The summed E-state index contributed by atoms with van der Waals surface area (Å²) in [5.41, 5.74) is 6.45. The summed E-state index contributed by atoms with van der Waals surface area (Å²) in [6, 6.07) is 11.8. The second kappa shape index (κ2) is 12.0. The molecule has 41 heavy (non-hydrogen) atoms. The van der Waals surface area contributed by atoms with E-state index in [2.05, 4.69) is 33.7 Å². The molecular formula is C31H37N7O3. The first-order valence-corrected chi connectivity index (χ1v) is 13.8. The fourth-order valence-electron chi connectivity index (χ4n) is 5.49. The first kappa shape index (κ1) is 28.1. The number of carbonyl (C=O) groups is 2. The van der Waals surface area contributed by atoms with Gasteiger partial charge in [0.05, 0.1) is 25.8 Å². The van der Waals surface area contributed by atoms with Crippen molar-refractivity contribution in [1.29, 1.82) is 0 Å². The lowest BCUT2D eigenvalue weighted by Gasteiger charge is -2.37. The second-order valence-corrected chi connectivity index (χ2v) is 10.6. The van der Waals surface area contributed by atoms with Crippen LogP contribution in [0.25, 0.3) is 0 Å². The number of fused-ring (bicyclic) bond motifs is 1. The van der Waals surface area contributed by atoms with Gasteiger partial charge in [0.15, 0.2) is 0 Å². The molecule has 3 aromatic rings. The molecule has 0 atom stereocenters. The van der Waals surface area contributed by atoms with Crippen molar-refractivity contribution >= 4 is 40.8 Å². The van der Waals surface area contributed by atoms with Crippen LogP contribution in [0.5, 0.6) is 0 Å². The number of hydrogen-bond donors (Lipinski definition) is 1. The summed E-state index contributed by atoms with van der Waals surface area (Å²) in [5.74, 6) is 0.621. The molecule has 10 heteroatoms. The van der Waals surface area contributed by atoms with Crippen molar-refractivity contribution in [3.63, 3.8) is 0 Å². The minimum Gasteiger partial charge on any atom is -0.469 e. The standard InChI is InChI=1S/C31H37N7O3/c1-6-12-37-29-24(20-38(31(37)40)28-21(2)8-7-9-22(28)3)19-32-30(34-29)33-25-10-11-26(23(17-25)18-27(39)41-5)36-15-13-35(4)14-16-36/h6-11,17,19H,1,12-16,18,20H2,2-5H3,(H,32,33,34). The Morgan fingerprint density at radius 2 is 1.85 bits per heavy atom. The molecule has 0 radical (unpaired) electrons. The number of likely N-dealkylation sites (N-methyl/N-ethyl adjacent to an activating group) is 1. The predicted molar refractivity (Wildman–Crippen MR) is 162 cm³/mol. The Bertz CT molecular complexity index is 1450. The molecule has 2 aromatic carbocycles. The van der Waals surface area contributed by atoms with E-state index in [1.807, 2.05) is 50.2 Å². The van der Waals surface area contributed by atoms with Gasteiger partial charge in [-0.3, -0.25) is 14.6 Å². The summed E-state index contributed by atoms with van der Waals surface area (Å²) in [7, 11) is 3.52. The maximum absolute atomic E-state index is 13.7. The number of ether oxygens (including phenoxy) is 1. The van der Waals surface area contributed by atoms with Crippen molar-refractivity contribution in [1.82, 2.24) is 14.9 Å². The van der Waals surface area contributed by atoms with Gasteiger partial charge in [-0.2, -0.15) is 4.98 Å². The number of aryl methyl sites for hydroxylation is 2. The number of methoxy groups -OCH3 is 1. The zero-order valence-corrected chi connectivity index (χ0v) is 24.2. The first-order chi connectivity index (χ1) is 19.8. The number of aromatic nitrogens is 2. The summed E-state index contributed by atoms with van der Waals surface area (Å²) in [6.45, 7) is 12.3. The fraction of sp³-hybridized carbons (Fsp3) is 0.355. The minimum absolute atomic E-state index is 0.156. The third-order valence-corrected chi connectivity index (χ3v) is 7.65. The van der Waals surface area contributed by atoms with Crippen molar-refractivity contribution in [2.75, 3.05) is 66.9 Å². The molecule has 1 fully saturated rings. The van der Waals surface area contributed by atoms with Crippen LogP contribution in [0.15, 0.2) is 55.3 Å². The molecule has 0 spiro atoms. The summed E-state index contributed by atoms with van der Waals surface area (Å²) in [4.78, 5) is 43.3. The topological polar surface area (TPSA) is 94.1 Å². The lowest BCUT2D eigenvalue weighted by atomic mass is 10.1. The first-order valence-electron chi connectivity index (χ1n) is 13.8. The van der Waals surface area contributed by atoms with Gasteiger partial charge in [-0.1, -0.05) is 24.3 Å². The van der Waals surface area contributed by atoms with Gasteiger partial charge in [-0.15, -0.1) is 6.58 Å². The monoisotopic (exact) mass is 555 g/mol. The average Bonchev–Trinajstić information content (AvgIpc) is 2.96. The minimum atomic E-state index is -0.297. The van der Waals surface area contributed by atoms with Crippen LogP contribution in [0.4, 0.5) is 33.6 Å². The highest BCUT2D eigenvalue weighted by molar-refractivity contribution is 6.06. The van der Waals surface area contributed by atoms with Crippen molar-refractivity contribution < 1.29 is 14.3 Å². The summed E-state index contributed by atoms with van der Waals surface area (Å²) in [6.07, 6.45) is 3.62. The number of nitrogens with zero attached hydrogens (tertiary/aromatic N) is 6. The van der Waals surface area contributed by atoms with Crippen molar-refractivity contribution in [3.05, 3.63) is 77.5 Å². The normalized spacial score (nSPS) is 15.5. The van der Waals surface area contributed by atoms with Crippen LogP contribution in [0, 0.1) is 13.8 Å². The maximum Gasteiger partial charge on any atom is 0.330 e. The second-order valence-electron chi connectivity index (χ2n) is 10.6. The molecule has 10 nitrogen and oxygen atoms in total. The van der Waals surface area contributed by atoms with Crippen LogP contribution < -0.4 is 20.0 Å². The number of esters is 1. The number of nitrogens with one attached hydrogen (secondary N) is 1. The predicted octanol–water partition coefficient (Wildman–Crippen LogP) is 4.44. The highest BCUT2D eigenvalue weighted by Gasteiger charge is 2.33. The Labute approximate surface area is 241 Å². The largest absolute Gasteiger partial charge is 0.469 e. The van der Waals surface area contributed by atoms with Gasteiger partial charge in [0.25, 0.3) is 0 Å². The van der Waals surface area contributed by atoms with Crippen LogP contribution in [0.1, 0.15) is 22.3 Å². The summed E-state index contributed by atoms with van der Waals surface area (Å²) >= 11 is 0. The lowest BCUT2D eigenvalue weighted by molar-refractivity contribution is -0.139. The number of para-hydroxylation sites is 1. The molecule has 3 heterocycles. The average molecular weight is 556 g/mol. The van der Waals surface area contributed by atoms with E-state index < -0.39 is 0 Å². The molecule has 0 unspecified atom stereocenters. The van der Waals surface area contributed by atoms with E-state index in [0.29, 0.717) is 24.9 Å². The quantitative estimate of drug-likeness (QED) is 0.322. The maximum atomic E-state index is 13.7. The summed E-state index contributed by atoms with van der Waals surface area (Å²) < 4.78 is 4.97. The van der Waals surface area contributed by atoms with Crippen molar-refractivity contribution in [2.24, 2.45) is 0 Å². The molecule has 0 aliphatic carbocycles. The van der Waals surface area contributed by atoms with E-state index in [0.717, 1.165) is 65.5 Å². The van der Waals surface area contributed by atoms with Gasteiger partial charge < -0.3 is 19.9 Å². The SMILES string of the molecule is C=CCN1C(=O)N(c2c(C)cccc2C)Cc2cnc(Nc3ccc(N4CCN(C)CC4)c(CC(=O)OC)c3)nc21. The van der Waals surface area contributed by atoms with Crippen LogP contribution in [0.3, 0.4) is 0 Å². The van der Waals surface area contributed by atoms with Gasteiger partial charge >= 0.3 is 12.0 Å². The van der Waals surface area contributed by atoms with Crippen LogP contribution >= 0.6 is 0 Å². The Hall–Kier alpha value is -4.44. The zero-order valence-electron chi connectivity index (χ0n) is 24.2. The lowest BCUT2D eigenvalue weighted by Crippen LogP contribution is -2.48. The number of anilines is 5. The highest BCUT2D eigenvalue weighted by Crippen LogP contribution is 2.35. The van der Waals surface area contributed by atoms with Gasteiger partial charge in [-0.25, -0.2) is 9.78 Å². The Kier molecular flexibility index (Phi) is 8.21. The number of benzene rings is 2. The van der Waals surface area contributed by atoms with E-state index in [4.69, 9.17) is 9.72 Å². The molecule has 1 N–H and O–H groups in total. The smallest absolute Gasteiger partial charge is 0.330 e. The Morgan fingerprint density at radius 3 is 2.54 bits per heavy atom. The zero-order chi connectivity index (χ0) is 29.1. The molecule has 0 bridgehead atoms. The molecular weight excluding hydrogens is 518 g/mol.